The van der Waals surface area contributed by atoms with Crippen LogP contribution in [-0.4, -0.2) is 46.5 Å². The van der Waals surface area contributed by atoms with Crippen molar-refractivity contribution in [3.63, 3.8) is 0 Å². The number of carboxylic acids is 1. The first-order valence-corrected chi connectivity index (χ1v) is 4.35. The first-order valence-electron chi connectivity index (χ1n) is 4.35. The van der Waals surface area contributed by atoms with Crippen molar-refractivity contribution in [1.29, 1.82) is 0 Å². The van der Waals surface area contributed by atoms with Crippen LogP contribution in [0.2, 0.25) is 0 Å². The monoisotopic (exact) mass is 205 g/mol. The predicted octanol–water partition coefficient (Wildman–Crippen LogP) is -1.29. The van der Waals surface area contributed by atoms with Crippen LogP contribution in [0, 0.1) is 0 Å². The van der Waals surface area contributed by atoms with Crippen LogP contribution in [0.1, 0.15) is 19.3 Å². The molecular formula is C8H15NO5. The second-order valence-electron chi connectivity index (χ2n) is 2.80. The van der Waals surface area contributed by atoms with Crippen molar-refractivity contribution >= 4 is 11.9 Å². The Morgan fingerprint density at radius 2 is 1.86 bits per heavy atom. The molecule has 0 aliphatic rings. The van der Waals surface area contributed by atoms with Gasteiger partial charge in [0.25, 0.3) is 0 Å². The molecule has 0 heterocycles. The van der Waals surface area contributed by atoms with E-state index in [1.54, 1.807) is 0 Å². The van der Waals surface area contributed by atoms with E-state index in [9.17, 15) is 9.59 Å². The average molecular weight is 205 g/mol. The molecule has 0 unspecified atom stereocenters. The van der Waals surface area contributed by atoms with Crippen molar-refractivity contribution in [3.05, 3.63) is 0 Å². The molecule has 0 bridgehead atoms. The van der Waals surface area contributed by atoms with E-state index in [4.69, 9.17) is 15.3 Å². The second-order valence-corrected chi connectivity index (χ2v) is 2.80. The zero-order valence-electron chi connectivity index (χ0n) is 7.77. The topological polar surface area (TPSA) is 107 Å². The number of hydrogen-bond donors (Lipinski definition) is 4. The third-order valence-electron chi connectivity index (χ3n) is 1.61. The molecule has 0 radical (unpaired) electrons. The quantitative estimate of drug-likeness (QED) is 0.413. The van der Waals surface area contributed by atoms with Crippen LogP contribution in [0.4, 0.5) is 0 Å². The molecule has 0 rings (SSSR count). The maximum absolute atomic E-state index is 11.0. The highest BCUT2D eigenvalue weighted by Gasteiger charge is 2.18. The molecule has 0 spiro atoms. The van der Waals surface area contributed by atoms with E-state index < -0.39 is 17.9 Å². The molecule has 0 aromatic rings. The molecule has 6 heteroatoms. The van der Waals surface area contributed by atoms with Crippen LogP contribution in [-0.2, 0) is 9.59 Å². The molecule has 0 saturated heterocycles. The first kappa shape index (κ1) is 12.9. The van der Waals surface area contributed by atoms with Crippen LogP contribution in [0.5, 0.6) is 0 Å². The van der Waals surface area contributed by atoms with Crippen LogP contribution < -0.4 is 5.32 Å². The number of nitrogens with one attached hydrogen (secondary N) is 1. The fraction of sp³-hybridized carbons (Fsp3) is 0.750. The minimum atomic E-state index is -1.17. The fourth-order valence-corrected chi connectivity index (χ4v) is 0.893. The van der Waals surface area contributed by atoms with Crippen LogP contribution in [0.25, 0.3) is 0 Å². The van der Waals surface area contributed by atoms with E-state index in [1.165, 1.54) is 0 Å². The number of rotatable bonds is 7. The third-order valence-corrected chi connectivity index (χ3v) is 1.61. The zero-order chi connectivity index (χ0) is 11.0. The highest BCUT2D eigenvalue weighted by atomic mass is 16.4. The van der Waals surface area contributed by atoms with Gasteiger partial charge < -0.3 is 20.6 Å². The Kier molecular flexibility index (Phi) is 6.69. The molecule has 0 aromatic carbocycles. The number of hydrogen-bond acceptors (Lipinski definition) is 4. The normalized spacial score (nSPS) is 12.1. The van der Waals surface area contributed by atoms with Crippen LogP contribution in [0.15, 0.2) is 0 Å². The van der Waals surface area contributed by atoms with Gasteiger partial charge in [-0.15, -0.1) is 0 Å². The average Bonchev–Trinajstić information content (AvgIpc) is 2.14. The number of aliphatic carboxylic acids is 1. The first-order chi connectivity index (χ1) is 6.61. The minimum absolute atomic E-state index is 0.0137. The summed E-state index contributed by atoms with van der Waals surface area (Å²) >= 11 is 0. The molecule has 0 aliphatic carbocycles. The molecule has 0 aliphatic heterocycles. The molecule has 0 fully saturated rings. The minimum Gasteiger partial charge on any atom is -0.480 e. The Labute approximate surface area is 81.5 Å². The SMILES string of the molecule is O=C(CCCO)N[C@@H](CCO)C(=O)O. The Balaban J connectivity index is 3.90. The summed E-state index contributed by atoms with van der Waals surface area (Å²) in [5.74, 6) is -1.60. The van der Waals surface area contributed by atoms with Crippen LogP contribution in [0.3, 0.4) is 0 Å². The van der Waals surface area contributed by atoms with E-state index in [0.29, 0.717) is 6.42 Å². The lowest BCUT2D eigenvalue weighted by Crippen LogP contribution is -2.41. The van der Waals surface area contributed by atoms with Crippen molar-refractivity contribution in [2.75, 3.05) is 13.2 Å². The largest absolute Gasteiger partial charge is 0.480 e. The zero-order valence-corrected chi connectivity index (χ0v) is 7.77. The Hall–Kier alpha value is -1.14. The summed E-state index contributed by atoms with van der Waals surface area (Å²) in [6.45, 7) is -0.400. The molecular weight excluding hydrogens is 190 g/mol. The number of amides is 1. The van der Waals surface area contributed by atoms with E-state index in [2.05, 4.69) is 5.32 Å². The summed E-state index contributed by atoms with van der Waals surface area (Å²) in [5, 5.41) is 27.8. The molecule has 1 atom stereocenters. The van der Waals surface area contributed by atoms with Crippen LogP contribution >= 0.6 is 0 Å². The summed E-state index contributed by atoms with van der Waals surface area (Å²) in [6, 6.07) is -1.05. The smallest absolute Gasteiger partial charge is 0.326 e. The van der Waals surface area contributed by atoms with Crippen molar-refractivity contribution < 1.29 is 24.9 Å². The lowest BCUT2D eigenvalue weighted by molar-refractivity contribution is -0.142. The van der Waals surface area contributed by atoms with E-state index in [-0.39, 0.29) is 26.1 Å². The lowest BCUT2D eigenvalue weighted by Gasteiger charge is -2.12. The number of aliphatic hydroxyl groups is 2. The summed E-state index contributed by atoms with van der Waals surface area (Å²) in [7, 11) is 0. The molecule has 6 nitrogen and oxygen atoms in total. The summed E-state index contributed by atoms with van der Waals surface area (Å²) < 4.78 is 0. The molecule has 1 amide bonds. The van der Waals surface area contributed by atoms with Gasteiger partial charge in [-0.25, -0.2) is 4.79 Å². The number of carboxylic acid groups (broad SMARTS) is 1. The highest BCUT2D eigenvalue weighted by molar-refractivity contribution is 5.83. The van der Waals surface area contributed by atoms with E-state index >= 15 is 0 Å². The molecule has 0 saturated carbocycles. The molecule has 82 valence electrons. The van der Waals surface area contributed by atoms with Crippen molar-refractivity contribution in [1.82, 2.24) is 5.32 Å². The van der Waals surface area contributed by atoms with Gasteiger partial charge in [0, 0.05) is 26.1 Å². The summed E-state index contributed by atoms with van der Waals surface area (Å²) in [5.41, 5.74) is 0. The third kappa shape index (κ3) is 5.50. The van der Waals surface area contributed by atoms with Gasteiger partial charge in [0.15, 0.2) is 0 Å². The Morgan fingerprint density at radius 1 is 1.21 bits per heavy atom. The van der Waals surface area contributed by atoms with E-state index in [0.717, 1.165) is 0 Å². The maximum atomic E-state index is 11.0. The lowest BCUT2D eigenvalue weighted by atomic mass is 10.2. The molecule has 14 heavy (non-hydrogen) atoms. The molecule has 4 N–H and O–H groups in total. The van der Waals surface area contributed by atoms with Gasteiger partial charge in [0.1, 0.15) is 6.04 Å². The summed E-state index contributed by atoms with van der Waals surface area (Å²) in [4.78, 5) is 21.5. The maximum Gasteiger partial charge on any atom is 0.326 e. The molecule has 0 aromatic heterocycles. The van der Waals surface area contributed by atoms with Crippen molar-refractivity contribution in [2.45, 2.75) is 25.3 Å². The Morgan fingerprint density at radius 3 is 2.29 bits per heavy atom. The number of carbonyl (C=O) groups excluding carboxylic acids is 1. The van der Waals surface area contributed by atoms with Crippen molar-refractivity contribution in [2.24, 2.45) is 0 Å². The predicted molar refractivity (Wildman–Crippen MR) is 47.6 cm³/mol. The van der Waals surface area contributed by atoms with Gasteiger partial charge in [-0.05, 0) is 6.42 Å². The highest BCUT2D eigenvalue weighted by Crippen LogP contribution is 1.94. The van der Waals surface area contributed by atoms with Gasteiger partial charge in [-0.1, -0.05) is 0 Å². The number of carbonyl (C=O) groups is 2. The van der Waals surface area contributed by atoms with Gasteiger partial charge in [0.05, 0.1) is 0 Å². The van der Waals surface area contributed by atoms with E-state index in [1.807, 2.05) is 0 Å². The fourth-order valence-electron chi connectivity index (χ4n) is 0.893. The van der Waals surface area contributed by atoms with Gasteiger partial charge in [0.2, 0.25) is 5.91 Å². The van der Waals surface area contributed by atoms with Gasteiger partial charge >= 0.3 is 5.97 Å². The van der Waals surface area contributed by atoms with Gasteiger partial charge in [-0.2, -0.15) is 0 Å². The summed E-state index contributed by atoms with van der Waals surface area (Å²) in [6.07, 6.45) is 0.378. The standard InChI is InChI=1S/C8H15NO5/c10-4-1-2-7(12)9-6(3-5-11)8(13)14/h6,10-11H,1-5H2,(H,9,12)(H,13,14)/t6-/m0/s1. The Bertz CT molecular complexity index is 194. The second kappa shape index (κ2) is 7.28. The van der Waals surface area contributed by atoms with Gasteiger partial charge in [-0.3, -0.25) is 4.79 Å². The number of aliphatic hydroxyl groups excluding tert-OH is 2. The van der Waals surface area contributed by atoms with Crippen molar-refractivity contribution in [3.8, 4) is 0 Å².